The molecule has 19 heavy (non-hydrogen) atoms. The Morgan fingerprint density at radius 1 is 1.53 bits per heavy atom. The van der Waals surface area contributed by atoms with E-state index in [0.717, 1.165) is 11.0 Å². The summed E-state index contributed by atoms with van der Waals surface area (Å²) in [6, 6.07) is 0.393. The molecule has 0 bridgehead atoms. The van der Waals surface area contributed by atoms with Crippen molar-refractivity contribution in [3.8, 4) is 0 Å². The zero-order valence-electron chi connectivity index (χ0n) is 12.5. The Morgan fingerprint density at radius 2 is 2.21 bits per heavy atom. The van der Waals surface area contributed by atoms with Crippen molar-refractivity contribution >= 4 is 15.9 Å². The second kappa shape index (κ2) is 5.57. The van der Waals surface area contributed by atoms with E-state index in [1.807, 2.05) is 6.20 Å². The van der Waals surface area contributed by atoms with Gasteiger partial charge in [-0.05, 0) is 66.9 Å². The fraction of sp³-hybridized carbons (Fsp3) is 0.800. The predicted octanol–water partition coefficient (Wildman–Crippen LogP) is 4.10. The highest BCUT2D eigenvalue weighted by molar-refractivity contribution is 9.10. The topological polar surface area (TPSA) is 43.8 Å². The minimum atomic E-state index is 0.393. The fourth-order valence-electron chi connectivity index (χ4n) is 3.35. The molecule has 0 aromatic carbocycles. The first-order chi connectivity index (χ1) is 8.85. The third-order valence-electron chi connectivity index (χ3n) is 4.46. The Bertz CT molecular complexity index is 437. The number of nitrogens with zero attached hydrogens (tertiary/aromatic N) is 2. The fourth-order valence-corrected chi connectivity index (χ4v) is 3.92. The molecule has 1 aliphatic carbocycles. The van der Waals surface area contributed by atoms with Crippen LogP contribution in [0.2, 0.25) is 0 Å². The molecule has 0 spiro atoms. The van der Waals surface area contributed by atoms with Gasteiger partial charge in [0, 0.05) is 12.0 Å². The molecule has 1 saturated carbocycles. The second-order valence-corrected chi connectivity index (χ2v) is 7.78. The van der Waals surface area contributed by atoms with Crippen LogP contribution in [0.25, 0.3) is 0 Å². The van der Waals surface area contributed by atoms with Gasteiger partial charge in [0.15, 0.2) is 0 Å². The molecule has 108 valence electrons. The van der Waals surface area contributed by atoms with Crippen LogP contribution in [0, 0.1) is 11.3 Å². The minimum absolute atomic E-state index is 0.393. The van der Waals surface area contributed by atoms with E-state index in [4.69, 9.17) is 5.73 Å². The largest absolute Gasteiger partial charge is 0.330 e. The number of rotatable bonds is 3. The van der Waals surface area contributed by atoms with Crippen molar-refractivity contribution < 1.29 is 0 Å². The second-order valence-electron chi connectivity index (χ2n) is 6.93. The molecule has 1 heterocycles. The summed E-state index contributed by atoms with van der Waals surface area (Å²) in [6.45, 7) is 9.90. The molecule has 0 radical (unpaired) electrons. The molecule has 1 aromatic rings. The van der Waals surface area contributed by atoms with E-state index < -0.39 is 0 Å². The summed E-state index contributed by atoms with van der Waals surface area (Å²) in [5, 5.41) is 4.54. The van der Waals surface area contributed by atoms with Gasteiger partial charge in [-0.15, -0.1) is 0 Å². The summed E-state index contributed by atoms with van der Waals surface area (Å²) in [6.07, 6.45) is 5.64. The van der Waals surface area contributed by atoms with Gasteiger partial charge >= 0.3 is 0 Å². The summed E-state index contributed by atoms with van der Waals surface area (Å²) in [7, 11) is 0. The molecular formula is C15H26BrN3. The first-order valence-electron chi connectivity index (χ1n) is 7.28. The number of hydrogen-bond donors (Lipinski definition) is 1. The predicted molar refractivity (Wildman–Crippen MR) is 83.2 cm³/mol. The van der Waals surface area contributed by atoms with Gasteiger partial charge < -0.3 is 5.73 Å². The summed E-state index contributed by atoms with van der Waals surface area (Å²) in [5.74, 6) is 1.10. The molecule has 3 nitrogen and oxygen atoms in total. The van der Waals surface area contributed by atoms with Gasteiger partial charge in [-0.25, -0.2) is 0 Å². The summed E-state index contributed by atoms with van der Waals surface area (Å²) in [5.41, 5.74) is 7.77. The Hall–Kier alpha value is -0.350. The highest BCUT2D eigenvalue weighted by Crippen LogP contribution is 2.48. The minimum Gasteiger partial charge on any atom is -0.330 e. The molecule has 1 aliphatic rings. The summed E-state index contributed by atoms with van der Waals surface area (Å²) >= 11 is 3.69. The molecular weight excluding hydrogens is 302 g/mol. The number of hydrogen-bond acceptors (Lipinski definition) is 2. The van der Waals surface area contributed by atoms with Crippen LogP contribution >= 0.6 is 15.9 Å². The monoisotopic (exact) mass is 327 g/mol. The van der Waals surface area contributed by atoms with Gasteiger partial charge in [0.25, 0.3) is 0 Å². The van der Waals surface area contributed by atoms with Crippen LogP contribution in [0.15, 0.2) is 10.7 Å². The number of halogens is 1. The van der Waals surface area contributed by atoms with E-state index >= 15 is 0 Å². The average molecular weight is 328 g/mol. The maximum atomic E-state index is 6.02. The highest BCUT2D eigenvalue weighted by Gasteiger charge is 2.37. The molecule has 2 atom stereocenters. The maximum Gasteiger partial charge on any atom is 0.0635 e. The smallest absolute Gasteiger partial charge is 0.0635 e. The summed E-state index contributed by atoms with van der Waals surface area (Å²) < 4.78 is 3.31. The molecule has 4 heteroatoms. The molecule has 0 aliphatic heterocycles. The first-order valence-corrected chi connectivity index (χ1v) is 8.08. The standard InChI is InChI=1S/C15H26BrN3/c1-10(2)19-14(13(16)9-18-19)12-7-15(3,4)6-5-11(12)8-17/h9-12H,5-8,17H2,1-4H3. The van der Waals surface area contributed by atoms with Crippen molar-refractivity contribution in [2.24, 2.45) is 17.1 Å². The summed E-state index contributed by atoms with van der Waals surface area (Å²) in [4.78, 5) is 0. The van der Waals surface area contributed by atoms with E-state index in [1.165, 1.54) is 25.0 Å². The Kier molecular flexibility index (Phi) is 4.41. The van der Waals surface area contributed by atoms with Crippen LogP contribution in [0.5, 0.6) is 0 Å². The average Bonchev–Trinajstić information content (AvgIpc) is 2.70. The van der Waals surface area contributed by atoms with E-state index in [9.17, 15) is 0 Å². The molecule has 0 amide bonds. The Morgan fingerprint density at radius 3 is 2.79 bits per heavy atom. The van der Waals surface area contributed by atoms with Gasteiger partial charge in [-0.1, -0.05) is 13.8 Å². The van der Waals surface area contributed by atoms with Gasteiger partial charge in [-0.2, -0.15) is 5.10 Å². The molecule has 0 saturated heterocycles. The van der Waals surface area contributed by atoms with E-state index in [1.54, 1.807) is 0 Å². The van der Waals surface area contributed by atoms with Crippen molar-refractivity contribution in [1.82, 2.24) is 9.78 Å². The van der Waals surface area contributed by atoms with Crippen LogP contribution < -0.4 is 5.73 Å². The van der Waals surface area contributed by atoms with Gasteiger partial charge in [0.1, 0.15) is 0 Å². The quantitative estimate of drug-likeness (QED) is 0.908. The van der Waals surface area contributed by atoms with Crippen LogP contribution in [0.3, 0.4) is 0 Å². The zero-order valence-corrected chi connectivity index (χ0v) is 14.1. The SMILES string of the molecule is CC(C)n1ncc(Br)c1C1CC(C)(C)CCC1CN. The Balaban J connectivity index is 2.39. The van der Waals surface area contributed by atoms with Crippen LogP contribution in [-0.4, -0.2) is 16.3 Å². The number of nitrogens with two attached hydrogens (primary N) is 1. The van der Waals surface area contributed by atoms with Gasteiger partial charge in [0.2, 0.25) is 0 Å². The molecule has 2 rings (SSSR count). The van der Waals surface area contributed by atoms with E-state index in [2.05, 4.69) is 53.4 Å². The lowest BCUT2D eigenvalue weighted by Crippen LogP contribution is -2.34. The molecule has 2 unspecified atom stereocenters. The van der Waals surface area contributed by atoms with Crippen LogP contribution in [-0.2, 0) is 0 Å². The lowest BCUT2D eigenvalue weighted by Gasteiger charge is -2.41. The number of aromatic nitrogens is 2. The Labute approximate surface area is 125 Å². The van der Waals surface area contributed by atoms with Gasteiger partial charge in [0.05, 0.1) is 16.4 Å². The van der Waals surface area contributed by atoms with Crippen molar-refractivity contribution in [1.29, 1.82) is 0 Å². The van der Waals surface area contributed by atoms with Crippen LogP contribution in [0.4, 0.5) is 0 Å². The zero-order chi connectivity index (χ0) is 14.2. The third-order valence-corrected chi connectivity index (χ3v) is 5.07. The van der Waals surface area contributed by atoms with Crippen LogP contribution in [0.1, 0.15) is 64.6 Å². The van der Waals surface area contributed by atoms with Crippen molar-refractivity contribution in [3.63, 3.8) is 0 Å². The molecule has 1 fully saturated rings. The third kappa shape index (κ3) is 3.05. The molecule has 1 aromatic heterocycles. The van der Waals surface area contributed by atoms with Crippen molar-refractivity contribution in [2.45, 2.75) is 58.9 Å². The van der Waals surface area contributed by atoms with E-state index in [0.29, 0.717) is 23.3 Å². The maximum absolute atomic E-state index is 6.02. The van der Waals surface area contributed by atoms with E-state index in [-0.39, 0.29) is 0 Å². The van der Waals surface area contributed by atoms with Crippen molar-refractivity contribution in [2.75, 3.05) is 6.54 Å². The van der Waals surface area contributed by atoms with Crippen molar-refractivity contribution in [3.05, 3.63) is 16.4 Å². The van der Waals surface area contributed by atoms with Gasteiger partial charge in [-0.3, -0.25) is 4.68 Å². The first kappa shape index (κ1) is 15.0. The molecule has 2 N–H and O–H groups in total. The normalized spacial score (nSPS) is 26.9. The lowest BCUT2D eigenvalue weighted by atomic mass is 9.66. The highest BCUT2D eigenvalue weighted by atomic mass is 79.9. The lowest BCUT2D eigenvalue weighted by molar-refractivity contribution is 0.159.